The van der Waals surface area contributed by atoms with Crippen LogP contribution in [0.25, 0.3) is 0 Å². The van der Waals surface area contributed by atoms with Crippen molar-refractivity contribution in [2.45, 2.75) is 50.6 Å². The Labute approximate surface area is 163 Å². The summed E-state index contributed by atoms with van der Waals surface area (Å²) in [6, 6.07) is 2.34. The fourth-order valence-corrected chi connectivity index (χ4v) is 5.81. The summed E-state index contributed by atoms with van der Waals surface area (Å²) in [6.45, 7) is 10.5. The zero-order valence-electron chi connectivity index (χ0n) is 15.7. The lowest BCUT2D eigenvalue weighted by atomic mass is 9.72. The molecule has 4 heterocycles. The fourth-order valence-electron chi connectivity index (χ4n) is 5.49. The Morgan fingerprint density at radius 3 is 2.50 bits per heavy atom. The molecule has 140 valence electrons. The first-order valence-electron chi connectivity index (χ1n) is 9.62. The molecular formula is C20H26BrN3O2. The third kappa shape index (κ3) is 2.28. The molecule has 0 spiro atoms. The van der Waals surface area contributed by atoms with E-state index in [-0.39, 0.29) is 17.5 Å². The van der Waals surface area contributed by atoms with E-state index in [2.05, 4.69) is 38.8 Å². The van der Waals surface area contributed by atoms with Crippen LogP contribution in [0.1, 0.15) is 39.3 Å². The van der Waals surface area contributed by atoms with Gasteiger partial charge in [-0.2, -0.15) is 0 Å². The number of ether oxygens (including phenoxy) is 1. The molecule has 0 N–H and O–H groups in total. The lowest BCUT2D eigenvalue weighted by Crippen LogP contribution is -2.63. The van der Waals surface area contributed by atoms with Gasteiger partial charge in [0.25, 0.3) is 0 Å². The quantitative estimate of drug-likeness (QED) is 0.738. The van der Waals surface area contributed by atoms with Gasteiger partial charge in [-0.1, -0.05) is 0 Å². The lowest BCUT2D eigenvalue weighted by molar-refractivity contribution is -0.123. The monoisotopic (exact) mass is 419 g/mol. The van der Waals surface area contributed by atoms with Crippen molar-refractivity contribution >= 4 is 27.5 Å². The second-order valence-corrected chi connectivity index (χ2v) is 10.3. The minimum absolute atomic E-state index is 0.192. The molecule has 1 aliphatic carbocycles. The highest BCUT2D eigenvalue weighted by Gasteiger charge is 2.56. The maximum Gasteiger partial charge on any atom is 0.239 e. The van der Waals surface area contributed by atoms with E-state index in [0.29, 0.717) is 11.8 Å². The summed E-state index contributed by atoms with van der Waals surface area (Å²) in [5.41, 5.74) is 1.58. The molecule has 3 aliphatic heterocycles. The smallest absolute Gasteiger partial charge is 0.239 e. The van der Waals surface area contributed by atoms with Gasteiger partial charge in [0.1, 0.15) is 0 Å². The average Bonchev–Trinajstić information content (AvgIpc) is 3.18. The zero-order chi connectivity index (χ0) is 18.3. The molecule has 3 fully saturated rings. The fraction of sp³-hybridized carbons (Fsp3) is 0.700. The summed E-state index contributed by atoms with van der Waals surface area (Å²) in [5.74, 6) is 1.61. The molecule has 0 unspecified atom stereocenters. The maximum absolute atomic E-state index is 13.2. The van der Waals surface area contributed by atoms with Crippen LogP contribution in [-0.2, 0) is 14.9 Å². The maximum atomic E-state index is 13.2. The van der Waals surface area contributed by atoms with Gasteiger partial charge in [-0.25, -0.2) is 0 Å². The predicted octanol–water partition coefficient (Wildman–Crippen LogP) is 2.97. The van der Waals surface area contributed by atoms with E-state index in [0.717, 1.165) is 55.0 Å². The number of likely N-dealkylation sites (tertiary alicyclic amines) is 1. The molecule has 4 aliphatic rings. The van der Waals surface area contributed by atoms with Crippen molar-refractivity contribution in [3.8, 4) is 0 Å². The topological polar surface area (TPSA) is 45.7 Å². The average molecular weight is 420 g/mol. The molecule has 1 aromatic heterocycles. The highest BCUT2D eigenvalue weighted by atomic mass is 79.9. The third-order valence-corrected chi connectivity index (χ3v) is 7.59. The van der Waals surface area contributed by atoms with Gasteiger partial charge in [-0.05, 0) is 55.6 Å². The molecule has 26 heavy (non-hydrogen) atoms. The Hall–Kier alpha value is -0.980. The van der Waals surface area contributed by atoms with Crippen molar-refractivity contribution in [2.24, 2.45) is 11.8 Å². The number of hydrogen-bond acceptors (Lipinski definition) is 4. The first kappa shape index (κ1) is 17.1. The van der Waals surface area contributed by atoms with Crippen LogP contribution in [0.5, 0.6) is 0 Å². The second kappa shape index (κ2) is 5.52. The van der Waals surface area contributed by atoms with Gasteiger partial charge >= 0.3 is 0 Å². The van der Waals surface area contributed by atoms with Crippen LogP contribution >= 0.6 is 15.9 Å². The number of carbonyl (C=O) groups is 1. The van der Waals surface area contributed by atoms with E-state index >= 15 is 0 Å². The summed E-state index contributed by atoms with van der Waals surface area (Å²) < 4.78 is 6.55. The van der Waals surface area contributed by atoms with Crippen LogP contribution in [0, 0.1) is 11.8 Å². The first-order chi connectivity index (χ1) is 12.3. The standard InChI is InChI=1S/C20H26BrN3O2/c1-19(2)17-16(4-14(21)7-22-17)24(18(19)25)15-5-20(3,6-15)23-8-12-10-26-11-13(12)9-23/h4,7,12-13,15H,5-6,8-11H2,1-3H3/t12-,13+,15-,20+. The molecule has 1 saturated carbocycles. The molecular weight excluding hydrogens is 394 g/mol. The zero-order valence-corrected chi connectivity index (χ0v) is 17.3. The predicted molar refractivity (Wildman–Crippen MR) is 103 cm³/mol. The van der Waals surface area contributed by atoms with E-state index in [9.17, 15) is 4.79 Å². The second-order valence-electron chi connectivity index (χ2n) is 9.34. The van der Waals surface area contributed by atoms with Gasteiger partial charge in [0.05, 0.1) is 30.0 Å². The van der Waals surface area contributed by atoms with Crippen molar-refractivity contribution in [3.63, 3.8) is 0 Å². The molecule has 1 amide bonds. The Morgan fingerprint density at radius 1 is 1.19 bits per heavy atom. The summed E-state index contributed by atoms with van der Waals surface area (Å²) in [7, 11) is 0. The van der Waals surface area contributed by atoms with E-state index in [1.54, 1.807) is 6.20 Å². The normalized spacial score (nSPS) is 38.4. The molecule has 0 radical (unpaired) electrons. The largest absolute Gasteiger partial charge is 0.381 e. The Morgan fingerprint density at radius 2 is 1.85 bits per heavy atom. The van der Waals surface area contributed by atoms with Crippen molar-refractivity contribution in [2.75, 3.05) is 31.2 Å². The Balaban J connectivity index is 1.36. The Kier molecular flexibility index (Phi) is 3.64. The van der Waals surface area contributed by atoms with Crippen LogP contribution in [0.15, 0.2) is 16.7 Å². The third-order valence-electron chi connectivity index (χ3n) is 7.16. The molecule has 2 saturated heterocycles. The minimum Gasteiger partial charge on any atom is -0.381 e. The number of halogens is 1. The highest BCUT2D eigenvalue weighted by Crippen LogP contribution is 2.50. The molecule has 5 nitrogen and oxygen atoms in total. The highest BCUT2D eigenvalue weighted by molar-refractivity contribution is 9.10. The van der Waals surface area contributed by atoms with Crippen LogP contribution in [0.3, 0.4) is 0 Å². The molecule has 0 aromatic carbocycles. The minimum atomic E-state index is -0.538. The molecule has 0 bridgehead atoms. The Bertz CT molecular complexity index is 762. The van der Waals surface area contributed by atoms with Gasteiger partial charge in [-0.15, -0.1) is 0 Å². The number of nitrogens with zero attached hydrogens (tertiary/aromatic N) is 3. The number of pyridine rings is 1. The van der Waals surface area contributed by atoms with E-state index in [1.165, 1.54) is 0 Å². The summed E-state index contributed by atoms with van der Waals surface area (Å²) >= 11 is 3.52. The summed E-state index contributed by atoms with van der Waals surface area (Å²) in [5, 5.41) is 0. The molecule has 2 atom stereocenters. The first-order valence-corrected chi connectivity index (χ1v) is 10.4. The summed E-state index contributed by atoms with van der Waals surface area (Å²) in [4.78, 5) is 22.4. The number of fused-ring (bicyclic) bond motifs is 2. The number of carbonyl (C=O) groups excluding carboxylic acids is 1. The lowest BCUT2D eigenvalue weighted by Gasteiger charge is -2.54. The van der Waals surface area contributed by atoms with E-state index in [4.69, 9.17) is 4.74 Å². The van der Waals surface area contributed by atoms with Crippen molar-refractivity contribution in [1.82, 2.24) is 9.88 Å². The van der Waals surface area contributed by atoms with Crippen LogP contribution in [0.2, 0.25) is 0 Å². The van der Waals surface area contributed by atoms with Crippen molar-refractivity contribution < 1.29 is 9.53 Å². The van der Waals surface area contributed by atoms with Crippen LogP contribution in [0.4, 0.5) is 5.69 Å². The molecule has 6 heteroatoms. The van der Waals surface area contributed by atoms with Crippen LogP contribution in [-0.4, -0.2) is 53.7 Å². The number of aromatic nitrogens is 1. The molecule has 1 aromatic rings. The number of anilines is 1. The molecule has 5 rings (SSSR count). The van der Waals surface area contributed by atoms with Gasteiger partial charge in [0, 0.05) is 47.2 Å². The van der Waals surface area contributed by atoms with Gasteiger partial charge in [0.2, 0.25) is 5.91 Å². The number of amides is 1. The van der Waals surface area contributed by atoms with Gasteiger partial charge in [-0.3, -0.25) is 14.7 Å². The van der Waals surface area contributed by atoms with E-state index in [1.807, 2.05) is 18.7 Å². The van der Waals surface area contributed by atoms with Gasteiger partial charge < -0.3 is 9.64 Å². The van der Waals surface area contributed by atoms with Crippen molar-refractivity contribution in [3.05, 3.63) is 22.4 Å². The van der Waals surface area contributed by atoms with Crippen LogP contribution < -0.4 is 4.90 Å². The summed E-state index contributed by atoms with van der Waals surface area (Å²) in [6.07, 6.45) is 3.88. The SMILES string of the molecule is CC1(C)C(=O)N([C@H]2C[C@@](C)(N3C[C@H]4COC[C@H]4C3)C2)c2cc(Br)cnc21. The van der Waals surface area contributed by atoms with E-state index < -0.39 is 5.41 Å². The van der Waals surface area contributed by atoms with Gasteiger partial charge in [0.15, 0.2) is 0 Å². The van der Waals surface area contributed by atoms with Crippen molar-refractivity contribution in [1.29, 1.82) is 0 Å². The number of hydrogen-bond donors (Lipinski definition) is 0. The number of rotatable bonds is 2.